The van der Waals surface area contributed by atoms with E-state index in [1.165, 1.54) is 0 Å². The fourth-order valence-corrected chi connectivity index (χ4v) is 1.83. The number of carbonyl (C=O) groups excluding carboxylic acids is 1. The molecule has 14 heavy (non-hydrogen) atoms. The molecule has 2 atom stereocenters. The molecule has 0 aromatic heterocycles. The highest BCUT2D eigenvalue weighted by molar-refractivity contribution is 5.81. The van der Waals surface area contributed by atoms with Crippen LogP contribution in [0.25, 0.3) is 0 Å². The number of hydrogen-bond acceptors (Lipinski definition) is 4. The van der Waals surface area contributed by atoms with E-state index in [0.717, 1.165) is 19.5 Å². The van der Waals surface area contributed by atoms with Gasteiger partial charge >= 0.3 is 0 Å². The van der Waals surface area contributed by atoms with Crippen LogP contribution < -0.4 is 11.3 Å². The van der Waals surface area contributed by atoms with E-state index >= 15 is 0 Å². The largest absolute Gasteiger partial charge is 0.376 e. The summed E-state index contributed by atoms with van der Waals surface area (Å²) in [5.74, 6) is 5.02. The highest BCUT2D eigenvalue weighted by atomic mass is 16.5. The second kappa shape index (κ2) is 5.29. The van der Waals surface area contributed by atoms with Crippen molar-refractivity contribution in [3.05, 3.63) is 0 Å². The maximum atomic E-state index is 11.4. The molecule has 1 rings (SSSR count). The molecule has 0 saturated carbocycles. The Balaban J connectivity index is 2.54. The van der Waals surface area contributed by atoms with Crippen molar-refractivity contribution in [3.63, 3.8) is 0 Å². The summed E-state index contributed by atoms with van der Waals surface area (Å²) in [4.78, 5) is 13.6. The van der Waals surface area contributed by atoms with Crippen molar-refractivity contribution in [2.75, 3.05) is 19.7 Å². The van der Waals surface area contributed by atoms with E-state index in [9.17, 15) is 4.79 Å². The number of morpholine rings is 1. The first-order valence-electron chi connectivity index (χ1n) is 5.05. The highest BCUT2D eigenvalue weighted by Crippen LogP contribution is 2.11. The van der Waals surface area contributed by atoms with Crippen molar-refractivity contribution < 1.29 is 9.53 Å². The van der Waals surface area contributed by atoms with Gasteiger partial charge in [-0.25, -0.2) is 5.84 Å². The Morgan fingerprint density at radius 3 is 3.00 bits per heavy atom. The predicted molar refractivity (Wildman–Crippen MR) is 53.4 cm³/mol. The second-order valence-corrected chi connectivity index (χ2v) is 3.61. The molecule has 0 aromatic carbocycles. The molecule has 1 fully saturated rings. The number of nitrogens with zero attached hydrogens (tertiary/aromatic N) is 1. The lowest BCUT2D eigenvalue weighted by Gasteiger charge is -2.35. The second-order valence-electron chi connectivity index (χ2n) is 3.61. The lowest BCUT2D eigenvalue weighted by atomic mass is 10.1. The van der Waals surface area contributed by atoms with E-state index in [1.807, 2.05) is 13.8 Å². The molecule has 3 N–H and O–H groups in total. The standard InChI is InChI=1S/C9H19N3O2/c1-3-8(9(13)11-10)12-4-5-14-7(2)6-12/h7-8H,3-6,10H2,1-2H3,(H,11,13). The first kappa shape index (κ1) is 11.4. The Hall–Kier alpha value is -0.650. The summed E-state index contributed by atoms with van der Waals surface area (Å²) in [5, 5.41) is 0. The Kier molecular flexibility index (Phi) is 4.31. The molecular weight excluding hydrogens is 182 g/mol. The maximum absolute atomic E-state index is 11.4. The predicted octanol–water partition coefficient (Wildman–Crippen LogP) is -0.524. The fraction of sp³-hybridized carbons (Fsp3) is 0.889. The molecule has 2 unspecified atom stereocenters. The monoisotopic (exact) mass is 201 g/mol. The van der Waals surface area contributed by atoms with Gasteiger partial charge < -0.3 is 4.74 Å². The van der Waals surface area contributed by atoms with Crippen molar-refractivity contribution in [2.45, 2.75) is 32.4 Å². The number of hydrogen-bond donors (Lipinski definition) is 2. The van der Waals surface area contributed by atoms with Gasteiger partial charge in [-0.1, -0.05) is 6.92 Å². The molecule has 0 bridgehead atoms. The van der Waals surface area contributed by atoms with Gasteiger partial charge in [0, 0.05) is 13.1 Å². The Labute approximate surface area is 84.5 Å². The zero-order valence-corrected chi connectivity index (χ0v) is 8.82. The van der Waals surface area contributed by atoms with Crippen molar-refractivity contribution in [2.24, 2.45) is 5.84 Å². The summed E-state index contributed by atoms with van der Waals surface area (Å²) in [5.41, 5.74) is 2.21. The number of nitrogens with two attached hydrogens (primary N) is 1. The van der Waals surface area contributed by atoms with Crippen LogP contribution in [0.1, 0.15) is 20.3 Å². The molecule has 0 radical (unpaired) electrons. The topological polar surface area (TPSA) is 67.6 Å². The smallest absolute Gasteiger partial charge is 0.251 e. The van der Waals surface area contributed by atoms with Crippen LogP contribution in [-0.4, -0.2) is 42.6 Å². The molecule has 0 spiro atoms. The highest BCUT2D eigenvalue weighted by Gasteiger charge is 2.27. The minimum atomic E-state index is -0.119. The Morgan fingerprint density at radius 1 is 1.79 bits per heavy atom. The fourth-order valence-electron chi connectivity index (χ4n) is 1.83. The van der Waals surface area contributed by atoms with E-state index in [1.54, 1.807) is 0 Å². The van der Waals surface area contributed by atoms with E-state index in [2.05, 4.69) is 10.3 Å². The van der Waals surface area contributed by atoms with Gasteiger partial charge in [0.2, 0.25) is 0 Å². The summed E-state index contributed by atoms with van der Waals surface area (Å²) in [6.45, 7) is 6.29. The molecule has 0 aromatic rings. The molecule has 0 aliphatic carbocycles. The number of amides is 1. The van der Waals surface area contributed by atoms with E-state index < -0.39 is 0 Å². The number of hydrazine groups is 1. The van der Waals surface area contributed by atoms with Crippen LogP contribution in [0.5, 0.6) is 0 Å². The summed E-state index contributed by atoms with van der Waals surface area (Å²) < 4.78 is 5.41. The molecule has 1 aliphatic rings. The Bertz CT molecular complexity index is 198. The first-order chi connectivity index (χ1) is 6.69. The van der Waals surface area contributed by atoms with E-state index in [-0.39, 0.29) is 18.1 Å². The molecule has 1 aliphatic heterocycles. The van der Waals surface area contributed by atoms with Crippen LogP contribution in [0.4, 0.5) is 0 Å². The first-order valence-corrected chi connectivity index (χ1v) is 5.05. The average molecular weight is 201 g/mol. The van der Waals surface area contributed by atoms with E-state index in [0.29, 0.717) is 6.61 Å². The number of carbonyl (C=O) groups is 1. The minimum absolute atomic E-state index is 0.110. The Morgan fingerprint density at radius 2 is 2.50 bits per heavy atom. The lowest BCUT2D eigenvalue weighted by Crippen LogP contribution is -2.53. The van der Waals surface area contributed by atoms with Crippen LogP contribution in [0, 0.1) is 0 Å². The van der Waals surface area contributed by atoms with Gasteiger partial charge in [-0.15, -0.1) is 0 Å². The van der Waals surface area contributed by atoms with Crippen molar-refractivity contribution in [3.8, 4) is 0 Å². The zero-order chi connectivity index (χ0) is 10.6. The van der Waals surface area contributed by atoms with Crippen molar-refractivity contribution in [1.29, 1.82) is 0 Å². The lowest BCUT2D eigenvalue weighted by molar-refractivity contribution is -0.129. The maximum Gasteiger partial charge on any atom is 0.251 e. The molecule has 1 amide bonds. The quantitative estimate of drug-likeness (QED) is 0.366. The SMILES string of the molecule is CCC(C(=O)NN)N1CCOC(C)C1. The van der Waals surface area contributed by atoms with Gasteiger partial charge in [0.15, 0.2) is 0 Å². The number of nitrogens with one attached hydrogen (secondary N) is 1. The zero-order valence-electron chi connectivity index (χ0n) is 8.82. The molecular formula is C9H19N3O2. The van der Waals surface area contributed by atoms with Crippen molar-refractivity contribution >= 4 is 5.91 Å². The van der Waals surface area contributed by atoms with Crippen LogP contribution in [0.2, 0.25) is 0 Å². The minimum Gasteiger partial charge on any atom is -0.376 e. The van der Waals surface area contributed by atoms with Gasteiger partial charge in [-0.2, -0.15) is 0 Å². The van der Waals surface area contributed by atoms with E-state index in [4.69, 9.17) is 10.6 Å². The summed E-state index contributed by atoms with van der Waals surface area (Å²) >= 11 is 0. The van der Waals surface area contributed by atoms with Gasteiger partial charge in [0.25, 0.3) is 5.91 Å². The van der Waals surface area contributed by atoms with Crippen LogP contribution in [-0.2, 0) is 9.53 Å². The molecule has 5 heteroatoms. The third-order valence-corrected chi connectivity index (χ3v) is 2.54. The van der Waals surface area contributed by atoms with Gasteiger partial charge in [-0.05, 0) is 13.3 Å². The van der Waals surface area contributed by atoms with Crippen LogP contribution in [0.3, 0.4) is 0 Å². The average Bonchev–Trinajstić information content (AvgIpc) is 2.19. The normalized spacial score (nSPS) is 25.8. The van der Waals surface area contributed by atoms with Gasteiger partial charge in [0.05, 0.1) is 18.8 Å². The van der Waals surface area contributed by atoms with Crippen LogP contribution >= 0.6 is 0 Å². The molecule has 82 valence electrons. The number of rotatable bonds is 3. The summed E-state index contributed by atoms with van der Waals surface area (Å²) in [6.07, 6.45) is 0.971. The summed E-state index contributed by atoms with van der Waals surface area (Å²) in [7, 11) is 0. The molecule has 5 nitrogen and oxygen atoms in total. The third kappa shape index (κ3) is 2.67. The van der Waals surface area contributed by atoms with Gasteiger partial charge in [-0.3, -0.25) is 15.1 Å². The number of ether oxygens (including phenoxy) is 1. The van der Waals surface area contributed by atoms with Gasteiger partial charge in [0.1, 0.15) is 0 Å². The van der Waals surface area contributed by atoms with Crippen molar-refractivity contribution in [1.82, 2.24) is 10.3 Å². The molecule has 1 saturated heterocycles. The van der Waals surface area contributed by atoms with Crippen LogP contribution in [0.15, 0.2) is 0 Å². The molecule has 1 heterocycles. The summed E-state index contributed by atoms with van der Waals surface area (Å²) in [6, 6.07) is -0.119. The third-order valence-electron chi connectivity index (χ3n) is 2.54.